The van der Waals surface area contributed by atoms with Crippen molar-refractivity contribution in [3.05, 3.63) is 40.9 Å². The maximum atomic E-state index is 12.0. The Bertz CT molecular complexity index is 606. The molecule has 4 nitrogen and oxygen atoms in total. The normalized spacial score (nSPS) is 22.1. The molecule has 1 amide bonds. The van der Waals surface area contributed by atoms with E-state index in [0.717, 1.165) is 68.9 Å². The van der Waals surface area contributed by atoms with Crippen LogP contribution in [-0.4, -0.2) is 49.7 Å². The summed E-state index contributed by atoms with van der Waals surface area (Å²) in [5.41, 5.74) is 1.14. The van der Waals surface area contributed by atoms with Gasteiger partial charge in [0.2, 0.25) is 5.91 Å². The van der Waals surface area contributed by atoms with Gasteiger partial charge < -0.3 is 10.1 Å². The number of carbonyl (C=O) groups excluding carboxylic acids is 1. The van der Waals surface area contributed by atoms with Gasteiger partial charge in [0.15, 0.2) is 0 Å². The minimum Gasteiger partial charge on any atom is -0.376 e. The van der Waals surface area contributed by atoms with Crippen LogP contribution in [0.5, 0.6) is 0 Å². The second kappa shape index (κ2) is 10.8. The van der Waals surface area contributed by atoms with E-state index in [4.69, 9.17) is 16.3 Å². The van der Waals surface area contributed by atoms with Gasteiger partial charge in [0, 0.05) is 31.1 Å². The van der Waals surface area contributed by atoms with E-state index in [1.807, 2.05) is 24.3 Å². The van der Waals surface area contributed by atoms with Crippen molar-refractivity contribution in [2.24, 2.45) is 5.92 Å². The van der Waals surface area contributed by atoms with Gasteiger partial charge in [0.1, 0.15) is 0 Å². The number of rotatable bonds is 8. The van der Waals surface area contributed by atoms with Gasteiger partial charge in [-0.3, -0.25) is 9.69 Å². The predicted octanol–water partition coefficient (Wildman–Crippen LogP) is 4.05. The first-order valence-electron chi connectivity index (χ1n) is 10.2. The number of piperidine rings is 1. The predicted molar refractivity (Wildman–Crippen MR) is 111 cm³/mol. The summed E-state index contributed by atoms with van der Waals surface area (Å²) < 4.78 is 5.54. The first-order chi connectivity index (χ1) is 13.2. The van der Waals surface area contributed by atoms with Crippen LogP contribution >= 0.6 is 11.6 Å². The number of likely N-dealkylation sites (tertiary alicyclic amines) is 1. The molecule has 2 saturated heterocycles. The lowest BCUT2D eigenvalue weighted by Gasteiger charge is -2.31. The van der Waals surface area contributed by atoms with Crippen LogP contribution in [0.4, 0.5) is 0 Å². The third kappa shape index (κ3) is 7.28. The zero-order valence-corrected chi connectivity index (χ0v) is 16.8. The summed E-state index contributed by atoms with van der Waals surface area (Å²) in [7, 11) is 0. The molecule has 3 rings (SSSR count). The van der Waals surface area contributed by atoms with Gasteiger partial charge in [-0.1, -0.05) is 41.9 Å². The van der Waals surface area contributed by atoms with Crippen LogP contribution in [0, 0.1) is 5.92 Å². The molecule has 2 aliphatic heterocycles. The lowest BCUT2D eigenvalue weighted by Crippen LogP contribution is -2.35. The highest BCUT2D eigenvalue weighted by Crippen LogP contribution is 2.23. The molecule has 1 aromatic rings. The van der Waals surface area contributed by atoms with Crippen LogP contribution < -0.4 is 5.32 Å². The smallest absolute Gasteiger partial charge is 0.220 e. The lowest BCUT2D eigenvalue weighted by molar-refractivity contribution is -0.122. The number of nitrogens with zero attached hydrogens (tertiary/aromatic N) is 1. The summed E-state index contributed by atoms with van der Waals surface area (Å²) in [5, 5.41) is 3.91. The highest BCUT2D eigenvalue weighted by atomic mass is 35.5. The molecule has 0 radical (unpaired) electrons. The molecule has 0 aliphatic carbocycles. The minimum absolute atomic E-state index is 0.168. The van der Waals surface area contributed by atoms with Gasteiger partial charge >= 0.3 is 0 Å². The third-order valence-electron chi connectivity index (χ3n) is 5.54. The van der Waals surface area contributed by atoms with E-state index in [1.54, 1.807) is 0 Å². The Labute approximate surface area is 167 Å². The average Bonchev–Trinajstić information content (AvgIpc) is 3.20. The van der Waals surface area contributed by atoms with Crippen LogP contribution in [0.15, 0.2) is 35.4 Å². The fourth-order valence-electron chi connectivity index (χ4n) is 3.88. The fraction of sp³-hybridized carbons (Fsp3) is 0.591. The third-order valence-corrected chi connectivity index (χ3v) is 5.76. The number of nitrogens with one attached hydrogen (secondary N) is 1. The molecular formula is C22H31ClN2O2. The fourth-order valence-corrected chi connectivity index (χ4v) is 4.17. The molecule has 0 aromatic heterocycles. The number of ether oxygens (including phenoxy) is 1. The Morgan fingerprint density at radius 3 is 2.70 bits per heavy atom. The summed E-state index contributed by atoms with van der Waals surface area (Å²) in [6, 6.07) is 10.2. The number of amides is 1. The van der Waals surface area contributed by atoms with E-state index in [9.17, 15) is 4.79 Å². The van der Waals surface area contributed by atoms with E-state index >= 15 is 0 Å². The molecule has 1 aromatic carbocycles. The molecule has 0 bridgehead atoms. The number of halogens is 1. The van der Waals surface area contributed by atoms with Crippen LogP contribution in [0.3, 0.4) is 0 Å². The first-order valence-corrected chi connectivity index (χ1v) is 10.6. The molecular weight excluding hydrogens is 360 g/mol. The summed E-state index contributed by atoms with van der Waals surface area (Å²) in [4.78, 5) is 14.4. The first kappa shape index (κ1) is 20.4. The minimum atomic E-state index is 0.168. The number of hydrogen-bond acceptors (Lipinski definition) is 3. The van der Waals surface area contributed by atoms with Crippen molar-refractivity contribution < 1.29 is 9.53 Å². The summed E-state index contributed by atoms with van der Waals surface area (Å²) in [5.74, 6) is 0.813. The monoisotopic (exact) mass is 390 g/mol. The van der Waals surface area contributed by atoms with Crippen molar-refractivity contribution in [2.75, 3.05) is 32.8 Å². The Balaban J connectivity index is 1.30. The molecule has 27 heavy (non-hydrogen) atoms. The standard InChI is InChI=1S/C22H31ClN2O2/c23-20(15-19-5-2-1-3-6-19)17-25-12-10-18(11-13-25)8-9-22(26)24-16-21-7-4-14-27-21/h1-3,5-6,15,18,21H,4,7-14,16-17H2,(H,24,26)/b20-15-/t21-/m1/s1. The quantitative estimate of drug-likeness (QED) is 0.727. The molecule has 1 atom stereocenters. The summed E-state index contributed by atoms with van der Waals surface area (Å²) >= 11 is 6.43. The maximum Gasteiger partial charge on any atom is 0.220 e. The van der Waals surface area contributed by atoms with Crippen molar-refractivity contribution in [1.29, 1.82) is 0 Å². The lowest BCUT2D eigenvalue weighted by atomic mass is 9.92. The van der Waals surface area contributed by atoms with Crippen LogP contribution in [0.1, 0.15) is 44.1 Å². The van der Waals surface area contributed by atoms with Crippen molar-refractivity contribution in [1.82, 2.24) is 10.2 Å². The Kier molecular flexibility index (Phi) is 8.18. The van der Waals surface area contributed by atoms with Gasteiger partial charge in [-0.05, 0) is 62.8 Å². The van der Waals surface area contributed by atoms with Gasteiger partial charge in [-0.25, -0.2) is 0 Å². The second-order valence-corrected chi connectivity index (χ2v) is 8.18. The Morgan fingerprint density at radius 1 is 1.22 bits per heavy atom. The molecule has 2 aliphatic rings. The Hall–Kier alpha value is -1.36. The van der Waals surface area contributed by atoms with E-state index in [0.29, 0.717) is 18.9 Å². The van der Waals surface area contributed by atoms with Gasteiger partial charge in [-0.15, -0.1) is 0 Å². The van der Waals surface area contributed by atoms with E-state index in [-0.39, 0.29) is 12.0 Å². The molecule has 148 valence electrons. The average molecular weight is 391 g/mol. The van der Waals surface area contributed by atoms with Crippen LogP contribution in [0.25, 0.3) is 6.08 Å². The van der Waals surface area contributed by atoms with Crippen LogP contribution in [0.2, 0.25) is 0 Å². The summed E-state index contributed by atoms with van der Waals surface area (Å²) in [6.07, 6.45) is 8.37. The second-order valence-electron chi connectivity index (χ2n) is 7.70. The zero-order chi connectivity index (χ0) is 18.9. The number of carbonyl (C=O) groups is 1. The molecule has 5 heteroatoms. The van der Waals surface area contributed by atoms with Crippen LogP contribution in [-0.2, 0) is 9.53 Å². The molecule has 0 saturated carbocycles. The van der Waals surface area contributed by atoms with E-state index in [2.05, 4.69) is 22.3 Å². The summed E-state index contributed by atoms with van der Waals surface area (Å²) in [6.45, 7) is 4.43. The largest absolute Gasteiger partial charge is 0.376 e. The van der Waals surface area contributed by atoms with Gasteiger partial charge in [-0.2, -0.15) is 0 Å². The molecule has 0 spiro atoms. The van der Waals surface area contributed by atoms with Crippen molar-refractivity contribution in [3.8, 4) is 0 Å². The Morgan fingerprint density at radius 2 is 2.00 bits per heavy atom. The zero-order valence-electron chi connectivity index (χ0n) is 16.0. The van der Waals surface area contributed by atoms with Crippen molar-refractivity contribution in [3.63, 3.8) is 0 Å². The van der Waals surface area contributed by atoms with Gasteiger partial charge in [0.25, 0.3) is 0 Å². The topological polar surface area (TPSA) is 41.6 Å². The molecule has 0 unspecified atom stereocenters. The molecule has 2 fully saturated rings. The number of hydrogen-bond donors (Lipinski definition) is 1. The SMILES string of the molecule is O=C(CCC1CCN(C/C(Cl)=C/c2ccccc2)CC1)NC[C@H]1CCCO1. The van der Waals surface area contributed by atoms with Crippen molar-refractivity contribution in [2.45, 2.75) is 44.6 Å². The van der Waals surface area contributed by atoms with Gasteiger partial charge in [0.05, 0.1) is 6.10 Å². The highest BCUT2D eigenvalue weighted by molar-refractivity contribution is 6.31. The number of benzene rings is 1. The van der Waals surface area contributed by atoms with Crippen molar-refractivity contribution >= 4 is 23.6 Å². The highest BCUT2D eigenvalue weighted by Gasteiger charge is 2.21. The van der Waals surface area contributed by atoms with E-state index in [1.165, 1.54) is 0 Å². The maximum absolute atomic E-state index is 12.0. The molecule has 1 N–H and O–H groups in total. The van der Waals surface area contributed by atoms with E-state index < -0.39 is 0 Å². The molecule has 2 heterocycles.